The largest absolute Gasteiger partial charge is 0.465 e. The predicted molar refractivity (Wildman–Crippen MR) is 90.0 cm³/mol. The Hall–Kier alpha value is -2.27. The van der Waals surface area contributed by atoms with E-state index in [1.165, 1.54) is 5.57 Å². The Morgan fingerprint density at radius 2 is 2.39 bits per heavy atom. The zero-order chi connectivity index (χ0) is 16.1. The first-order chi connectivity index (χ1) is 11.2. The van der Waals surface area contributed by atoms with E-state index in [0.29, 0.717) is 11.6 Å². The molecule has 1 unspecified atom stereocenters. The van der Waals surface area contributed by atoms with Gasteiger partial charge in [-0.1, -0.05) is 5.57 Å². The summed E-state index contributed by atoms with van der Waals surface area (Å²) in [7, 11) is 0. The summed E-state index contributed by atoms with van der Waals surface area (Å²) in [6.07, 6.45) is 6.66. The van der Waals surface area contributed by atoms with E-state index in [0.717, 1.165) is 38.4 Å². The SMILES string of the molecule is CC(=Cc1ccco1)CN1CCC(CNC(=O)c2ccc[nH]2)C1. The first-order valence-electron chi connectivity index (χ1n) is 8.05. The minimum atomic E-state index is -0.0256. The Balaban J connectivity index is 1.42. The second kappa shape index (κ2) is 7.33. The van der Waals surface area contributed by atoms with Crippen LogP contribution in [0.4, 0.5) is 0 Å². The van der Waals surface area contributed by atoms with Crippen LogP contribution in [-0.2, 0) is 0 Å². The summed E-state index contributed by atoms with van der Waals surface area (Å²) in [5.74, 6) is 1.39. The van der Waals surface area contributed by atoms with Crippen LogP contribution in [0.5, 0.6) is 0 Å². The van der Waals surface area contributed by atoms with Crippen LogP contribution < -0.4 is 5.32 Å². The second-order valence-corrected chi connectivity index (χ2v) is 6.19. The summed E-state index contributed by atoms with van der Waals surface area (Å²) < 4.78 is 5.34. The van der Waals surface area contributed by atoms with E-state index in [1.54, 1.807) is 18.5 Å². The van der Waals surface area contributed by atoms with E-state index in [-0.39, 0.29) is 5.91 Å². The lowest BCUT2D eigenvalue weighted by Crippen LogP contribution is -2.31. The maximum atomic E-state index is 11.9. The minimum Gasteiger partial charge on any atom is -0.465 e. The fraction of sp³-hybridized carbons (Fsp3) is 0.389. The van der Waals surface area contributed by atoms with Gasteiger partial charge in [-0.3, -0.25) is 9.69 Å². The molecular formula is C18H23N3O2. The molecule has 23 heavy (non-hydrogen) atoms. The summed E-state index contributed by atoms with van der Waals surface area (Å²) in [5, 5.41) is 3.01. The third-order valence-electron chi connectivity index (χ3n) is 4.17. The van der Waals surface area contributed by atoms with Gasteiger partial charge >= 0.3 is 0 Å². The highest BCUT2D eigenvalue weighted by molar-refractivity contribution is 5.92. The van der Waals surface area contributed by atoms with Crippen LogP contribution in [0.15, 0.2) is 46.7 Å². The van der Waals surface area contributed by atoms with Gasteiger partial charge in [0.1, 0.15) is 11.5 Å². The van der Waals surface area contributed by atoms with E-state index in [9.17, 15) is 4.79 Å². The number of likely N-dealkylation sites (tertiary alicyclic amines) is 1. The van der Waals surface area contributed by atoms with Crippen molar-refractivity contribution in [3.63, 3.8) is 0 Å². The Kier molecular flexibility index (Phi) is 4.98. The number of rotatable bonds is 6. The number of aromatic amines is 1. The first kappa shape index (κ1) is 15.6. The van der Waals surface area contributed by atoms with Gasteiger partial charge < -0.3 is 14.7 Å². The molecule has 1 saturated heterocycles. The molecule has 2 aromatic heterocycles. The number of carbonyl (C=O) groups is 1. The molecule has 3 rings (SSSR count). The van der Waals surface area contributed by atoms with Gasteiger partial charge in [-0.2, -0.15) is 0 Å². The molecule has 5 nitrogen and oxygen atoms in total. The molecule has 2 N–H and O–H groups in total. The third-order valence-corrected chi connectivity index (χ3v) is 4.17. The molecule has 0 bridgehead atoms. The van der Waals surface area contributed by atoms with E-state index in [4.69, 9.17) is 4.42 Å². The molecule has 0 spiro atoms. The molecule has 122 valence electrons. The van der Waals surface area contributed by atoms with Crippen LogP contribution >= 0.6 is 0 Å². The van der Waals surface area contributed by atoms with Crippen molar-refractivity contribution >= 4 is 12.0 Å². The van der Waals surface area contributed by atoms with Crippen LogP contribution in [0, 0.1) is 5.92 Å². The normalized spacial score (nSPS) is 19.2. The van der Waals surface area contributed by atoms with E-state index >= 15 is 0 Å². The molecular weight excluding hydrogens is 290 g/mol. The Bertz CT molecular complexity index is 644. The molecule has 1 fully saturated rings. The monoisotopic (exact) mass is 313 g/mol. The quantitative estimate of drug-likeness (QED) is 0.862. The van der Waals surface area contributed by atoms with Crippen LogP contribution in [0.2, 0.25) is 0 Å². The maximum absolute atomic E-state index is 11.9. The topological polar surface area (TPSA) is 61.3 Å². The van der Waals surface area contributed by atoms with Gasteiger partial charge in [-0.15, -0.1) is 0 Å². The number of nitrogens with zero attached hydrogens (tertiary/aromatic N) is 1. The number of H-pyrrole nitrogens is 1. The number of hydrogen-bond donors (Lipinski definition) is 2. The van der Waals surface area contributed by atoms with Gasteiger partial charge in [0.05, 0.1) is 6.26 Å². The molecule has 1 aliphatic heterocycles. The summed E-state index contributed by atoms with van der Waals surface area (Å²) in [5.41, 5.74) is 1.91. The van der Waals surface area contributed by atoms with E-state index < -0.39 is 0 Å². The van der Waals surface area contributed by atoms with Gasteiger partial charge in [0, 0.05) is 25.8 Å². The number of hydrogen-bond acceptors (Lipinski definition) is 3. The zero-order valence-electron chi connectivity index (χ0n) is 13.4. The highest BCUT2D eigenvalue weighted by atomic mass is 16.3. The van der Waals surface area contributed by atoms with Gasteiger partial charge in [0.2, 0.25) is 0 Å². The summed E-state index contributed by atoms with van der Waals surface area (Å²) in [6, 6.07) is 7.49. The number of nitrogens with one attached hydrogen (secondary N) is 2. The number of furan rings is 1. The number of carbonyl (C=O) groups excluding carboxylic acids is 1. The van der Waals surface area contributed by atoms with Crippen LogP contribution in [-0.4, -0.2) is 42.0 Å². The lowest BCUT2D eigenvalue weighted by Gasteiger charge is -2.16. The highest BCUT2D eigenvalue weighted by Gasteiger charge is 2.23. The van der Waals surface area contributed by atoms with Crippen molar-refractivity contribution in [1.82, 2.24) is 15.2 Å². The molecule has 0 aromatic carbocycles. The molecule has 5 heteroatoms. The van der Waals surface area contributed by atoms with Crippen molar-refractivity contribution in [3.05, 3.63) is 53.8 Å². The standard InChI is InChI=1S/C18H23N3O2/c1-14(10-16-4-3-9-23-16)12-21-8-6-15(13-21)11-20-18(22)17-5-2-7-19-17/h2-5,7,9-10,15,19H,6,8,11-13H2,1H3,(H,20,22). The highest BCUT2D eigenvalue weighted by Crippen LogP contribution is 2.18. The van der Waals surface area contributed by atoms with E-state index in [2.05, 4.69) is 28.2 Å². The van der Waals surface area contributed by atoms with Crippen molar-refractivity contribution in [3.8, 4) is 0 Å². The lowest BCUT2D eigenvalue weighted by atomic mass is 10.1. The third kappa shape index (κ3) is 4.36. The van der Waals surface area contributed by atoms with Crippen molar-refractivity contribution < 1.29 is 9.21 Å². The number of amides is 1. The lowest BCUT2D eigenvalue weighted by molar-refractivity contribution is 0.0943. The average molecular weight is 313 g/mol. The fourth-order valence-corrected chi connectivity index (χ4v) is 3.04. The Morgan fingerprint density at radius 3 is 3.13 bits per heavy atom. The molecule has 2 aromatic rings. The van der Waals surface area contributed by atoms with Crippen molar-refractivity contribution in [2.24, 2.45) is 5.92 Å². The molecule has 0 saturated carbocycles. The maximum Gasteiger partial charge on any atom is 0.267 e. The Labute approximate surface area is 136 Å². The smallest absolute Gasteiger partial charge is 0.267 e. The first-order valence-corrected chi connectivity index (χ1v) is 8.05. The molecule has 1 aliphatic rings. The second-order valence-electron chi connectivity index (χ2n) is 6.19. The Morgan fingerprint density at radius 1 is 1.48 bits per heavy atom. The molecule has 1 atom stereocenters. The van der Waals surface area contributed by atoms with Gasteiger partial charge in [-0.05, 0) is 56.1 Å². The summed E-state index contributed by atoms with van der Waals surface area (Å²) in [6.45, 7) is 5.90. The van der Waals surface area contributed by atoms with Crippen molar-refractivity contribution in [1.29, 1.82) is 0 Å². The van der Waals surface area contributed by atoms with Crippen molar-refractivity contribution in [2.45, 2.75) is 13.3 Å². The fourth-order valence-electron chi connectivity index (χ4n) is 3.04. The summed E-state index contributed by atoms with van der Waals surface area (Å²) >= 11 is 0. The van der Waals surface area contributed by atoms with Gasteiger partial charge in [-0.25, -0.2) is 0 Å². The van der Waals surface area contributed by atoms with Crippen LogP contribution in [0.3, 0.4) is 0 Å². The average Bonchev–Trinajstić information content (AvgIpc) is 3.27. The molecule has 0 aliphatic carbocycles. The van der Waals surface area contributed by atoms with Gasteiger partial charge in [0.25, 0.3) is 5.91 Å². The van der Waals surface area contributed by atoms with E-state index in [1.807, 2.05) is 18.2 Å². The predicted octanol–water partition coefficient (Wildman–Crippen LogP) is 2.76. The molecule has 1 amide bonds. The van der Waals surface area contributed by atoms with Crippen LogP contribution in [0.1, 0.15) is 29.6 Å². The zero-order valence-corrected chi connectivity index (χ0v) is 13.4. The molecule has 3 heterocycles. The molecule has 0 radical (unpaired) electrons. The summed E-state index contributed by atoms with van der Waals surface area (Å²) in [4.78, 5) is 17.3. The van der Waals surface area contributed by atoms with Crippen molar-refractivity contribution in [2.75, 3.05) is 26.2 Å². The minimum absolute atomic E-state index is 0.0256. The van der Waals surface area contributed by atoms with Crippen LogP contribution in [0.25, 0.3) is 6.08 Å². The van der Waals surface area contributed by atoms with Gasteiger partial charge in [0.15, 0.2) is 0 Å². The number of aromatic nitrogens is 1.